The van der Waals surface area contributed by atoms with Crippen molar-refractivity contribution in [2.75, 3.05) is 0 Å². The lowest BCUT2D eigenvalue weighted by molar-refractivity contribution is -0.720. The predicted molar refractivity (Wildman–Crippen MR) is 119 cm³/mol. The lowest BCUT2D eigenvalue weighted by Gasteiger charge is -2.24. The van der Waals surface area contributed by atoms with Crippen molar-refractivity contribution in [3.63, 3.8) is 0 Å². The normalized spacial score (nSPS) is 12.7. The number of hydrogen-bond donors (Lipinski definition) is 0. The highest BCUT2D eigenvalue weighted by atomic mass is 19.4. The van der Waals surface area contributed by atoms with Crippen molar-refractivity contribution in [1.29, 1.82) is 0 Å². The van der Waals surface area contributed by atoms with Crippen LogP contribution in [-0.2, 0) is 18.6 Å². The molecular formula is C25H26F3N4+. The number of benzene rings is 2. The molecule has 0 aliphatic heterocycles. The van der Waals surface area contributed by atoms with Crippen LogP contribution in [0.4, 0.5) is 13.2 Å². The molecule has 0 radical (unpaired) electrons. The minimum Gasteiger partial charge on any atom is -0.247 e. The van der Waals surface area contributed by atoms with Crippen LogP contribution in [0.1, 0.15) is 49.0 Å². The second-order valence-electron chi connectivity index (χ2n) is 9.30. The fourth-order valence-electron chi connectivity index (χ4n) is 4.21. The Balaban J connectivity index is 2.22. The molecule has 2 aromatic heterocycles. The van der Waals surface area contributed by atoms with Crippen LogP contribution < -0.4 is 4.68 Å². The molecule has 32 heavy (non-hydrogen) atoms. The van der Waals surface area contributed by atoms with E-state index < -0.39 is 11.9 Å². The quantitative estimate of drug-likeness (QED) is 0.346. The number of fused-ring (bicyclic) bond motifs is 2. The van der Waals surface area contributed by atoms with E-state index in [0.29, 0.717) is 17.1 Å². The molecule has 0 amide bonds. The molecule has 4 aromatic rings. The monoisotopic (exact) mass is 439 g/mol. The van der Waals surface area contributed by atoms with Gasteiger partial charge in [-0.25, -0.2) is 9.97 Å². The van der Waals surface area contributed by atoms with E-state index in [1.54, 1.807) is 13.8 Å². The van der Waals surface area contributed by atoms with Crippen molar-refractivity contribution in [2.45, 2.75) is 53.1 Å². The molecule has 0 saturated heterocycles. The Bertz CT molecular complexity index is 1380. The zero-order valence-electron chi connectivity index (χ0n) is 19.3. The molecule has 4 nitrogen and oxygen atoms in total. The van der Waals surface area contributed by atoms with Gasteiger partial charge in [-0.15, -0.1) is 0 Å². The molecule has 166 valence electrons. The average Bonchev–Trinajstić information content (AvgIpc) is 2.68. The van der Waals surface area contributed by atoms with E-state index in [-0.39, 0.29) is 16.4 Å². The van der Waals surface area contributed by atoms with Gasteiger partial charge in [0.2, 0.25) is 5.69 Å². The highest BCUT2D eigenvalue weighted by Crippen LogP contribution is 2.40. The van der Waals surface area contributed by atoms with Crippen molar-refractivity contribution in [3.8, 4) is 11.3 Å². The van der Waals surface area contributed by atoms with Crippen LogP contribution in [0.3, 0.4) is 0 Å². The second-order valence-corrected chi connectivity index (χ2v) is 9.30. The van der Waals surface area contributed by atoms with Gasteiger partial charge < -0.3 is 0 Å². The summed E-state index contributed by atoms with van der Waals surface area (Å²) >= 11 is 0. The van der Waals surface area contributed by atoms with Gasteiger partial charge in [0.1, 0.15) is 5.52 Å². The fraction of sp³-hybridized carbons (Fsp3) is 0.360. The van der Waals surface area contributed by atoms with E-state index in [4.69, 9.17) is 0 Å². The van der Waals surface area contributed by atoms with Gasteiger partial charge in [0.15, 0.2) is 12.6 Å². The molecule has 0 unspecified atom stereocenters. The Morgan fingerprint density at radius 1 is 0.844 bits per heavy atom. The maximum absolute atomic E-state index is 13.8. The molecule has 0 bridgehead atoms. The van der Waals surface area contributed by atoms with Crippen molar-refractivity contribution >= 4 is 21.8 Å². The number of halogens is 3. The smallest absolute Gasteiger partial charge is 0.247 e. The number of rotatable bonds is 1. The Morgan fingerprint density at radius 2 is 1.41 bits per heavy atom. The summed E-state index contributed by atoms with van der Waals surface area (Å²) in [4.78, 5) is 8.85. The lowest BCUT2D eigenvalue weighted by Crippen LogP contribution is -2.39. The number of aryl methyl sites for hydroxylation is 4. The van der Waals surface area contributed by atoms with Crippen LogP contribution in [0.5, 0.6) is 0 Å². The topological polar surface area (TPSA) is 42.5 Å². The Kier molecular flexibility index (Phi) is 4.99. The van der Waals surface area contributed by atoms with Gasteiger partial charge in [0, 0.05) is 5.10 Å². The lowest BCUT2D eigenvalue weighted by atomic mass is 9.80. The number of nitrogens with zero attached hydrogens (tertiary/aromatic N) is 4. The van der Waals surface area contributed by atoms with Crippen LogP contribution in [0.2, 0.25) is 0 Å². The minimum atomic E-state index is -4.64. The molecule has 0 spiro atoms. The molecule has 2 heterocycles. The van der Waals surface area contributed by atoms with Crippen molar-refractivity contribution < 1.29 is 17.9 Å². The molecule has 0 N–H and O–H groups in total. The Hall–Kier alpha value is -3.09. The molecule has 0 aliphatic carbocycles. The van der Waals surface area contributed by atoms with Crippen LogP contribution in [-0.4, -0.2) is 15.1 Å². The van der Waals surface area contributed by atoms with E-state index >= 15 is 0 Å². The summed E-state index contributed by atoms with van der Waals surface area (Å²) < 4.78 is 42.8. The fourth-order valence-corrected chi connectivity index (χ4v) is 4.21. The molecule has 4 rings (SSSR count). The Labute approximate surface area is 185 Å². The van der Waals surface area contributed by atoms with Crippen LogP contribution in [0, 0.1) is 20.8 Å². The number of alkyl halides is 3. The summed E-state index contributed by atoms with van der Waals surface area (Å²) in [6.45, 7) is 11.8. The standard InChI is InChI=1S/C25H26F3N4/c1-13-16-10-8-9-11-17(16)19(24(4,5)6)12-18(13)22-20-21(30-15(3)14(2)29-20)23(25(26,27)28)31-32(22)7/h8-12H,1-7H3/q+1. The van der Waals surface area contributed by atoms with Gasteiger partial charge in [-0.3, -0.25) is 0 Å². The zero-order chi connectivity index (χ0) is 23.6. The first-order chi connectivity index (χ1) is 14.8. The molecule has 0 aliphatic rings. The SMILES string of the molecule is Cc1nc2c(C(F)(F)F)n[n+](C)c(-c3cc(C(C)(C)C)c4ccccc4c3C)c2nc1C. The van der Waals surface area contributed by atoms with Crippen molar-refractivity contribution in [2.24, 2.45) is 7.05 Å². The summed E-state index contributed by atoms with van der Waals surface area (Å²) in [6.07, 6.45) is -4.64. The van der Waals surface area contributed by atoms with E-state index in [1.165, 1.54) is 11.7 Å². The van der Waals surface area contributed by atoms with Gasteiger partial charge >= 0.3 is 6.18 Å². The number of hydrogen-bond acceptors (Lipinski definition) is 3. The second kappa shape index (κ2) is 7.22. The maximum Gasteiger partial charge on any atom is 0.441 e. The molecule has 0 atom stereocenters. The van der Waals surface area contributed by atoms with E-state index in [1.807, 2.05) is 25.1 Å². The van der Waals surface area contributed by atoms with E-state index in [9.17, 15) is 13.2 Å². The molecule has 2 aromatic carbocycles. The number of aromatic nitrogens is 4. The molecule has 0 saturated carbocycles. The first-order valence-corrected chi connectivity index (χ1v) is 10.5. The van der Waals surface area contributed by atoms with Gasteiger partial charge in [-0.05, 0) is 54.2 Å². The molecular weight excluding hydrogens is 413 g/mol. The van der Waals surface area contributed by atoms with Gasteiger partial charge in [-0.1, -0.05) is 49.7 Å². The third-order valence-electron chi connectivity index (χ3n) is 5.97. The van der Waals surface area contributed by atoms with Gasteiger partial charge in [0.25, 0.3) is 5.69 Å². The summed E-state index contributed by atoms with van der Waals surface area (Å²) in [5.41, 5.74) is 3.23. The van der Waals surface area contributed by atoms with E-state index in [2.05, 4.69) is 48.0 Å². The third-order valence-corrected chi connectivity index (χ3v) is 5.97. The van der Waals surface area contributed by atoms with Crippen LogP contribution in [0.25, 0.3) is 33.1 Å². The molecule has 7 heteroatoms. The van der Waals surface area contributed by atoms with Crippen molar-refractivity contribution in [1.82, 2.24) is 15.1 Å². The summed E-state index contributed by atoms with van der Waals surface area (Å²) in [5.74, 6) is 0. The summed E-state index contributed by atoms with van der Waals surface area (Å²) in [7, 11) is 1.53. The zero-order valence-corrected chi connectivity index (χ0v) is 19.3. The third kappa shape index (κ3) is 3.49. The van der Waals surface area contributed by atoms with Crippen molar-refractivity contribution in [3.05, 3.63) is 58.5 Å². The van der Waals surface area contributed by atoms with Crippen LogP contribution >= 0.6 is 0 Å². The first-order valence-electron chi connectivity index (χ1n) is 10.5. The largest absolute Gasteiger partial charge is 0.441 e. The average molecular weight is 440 g/mol. The Morgan fingerprint density at radius 3 is 1.97 bits per heavy atom. The van der Waals surface area contributed by atoms with Gasteiger partial charge in [-0.2, -0.15) is 13.2 Å². The van der Waals surface area contributed by atoms with Gasteiger partial charge in [0.05, 0.1) is 17.0 Å². The minimum absolute atomic E-state index is 0.173. The van der Waals surface area contributed by atoms with E-state index in [0.717, 1.165) is 27.5 Å². The highest BCUT2D eigenvalue weighted by Gasteiger charge is 2.41. The summed E-state index contributed by atoms with van der Waals surface area (Å²) in [5, 5.41) is 6.11. The first kappa shape index (κ1) is 22.1. The predicted octanol–water partition coefficient (Wildman–Crippen LogP) is 5.91. The highest BCUT2D eigenvalue weighted by molar-refractivity contribution is 5.98. The maximum atomic E-state index is 13.8. The molecule has 0 fully saturated rings. The van der Waals surface area contributed by atoms with Crippen LogP contribution in [0.15, 0.2) is 30.3 Å². The summed E-state index contributed by atoms with van der Waals surface area (Å²) in [6, 6.07) is 10.2.